The van der Waals surface area contributed by atoms with Gasteiger partial charge in [-0.15, -0.1) is 0 Å². The van der Waals surface area contributed by atoms with Gasteiger partial charge in [0.2, 0.25) is 0 Å². The minimum absolute atomic E-state index is 0.500. The topological polar surface area (TPSA) is 58.6 Å². The molecule has 0 heterocycles. The van der Waals surface area contributed by atoms with Crippen LogP contribution in [0.3, 0.4) is 0 Å². The number of hydroxylamine groups is 1. The molecule has 4 nitrogen and oxygen atoms in total. The van der Waals surface area contributed by atoms with Crippen molar-refractivity contribution in [1.29, 1.82) is 0 Å². The number of carbonyl (C=O) groups is 1. The zero-order valence-electron chi connectivity index (χ0n) is 7.51. The Morgan fingerprint density at radius 2 is 2.14 bits per heavy atom. The molecule has 0 saturated carbocycles. The van der Waals surface area contributed by atoms with Crippen molar-refractivity contribution in [3.8, 4) is 0 Å². The van der Waals surface area contributed by atoms with E-state index in [2.05, 4.69) is 11.3 Å². The van der Waals surface area contributed by atoms with Crippen LogP contribution in [0, 0.1) is 0 Å². The number of benzene rings is 1. The van der Waals surface area contributed by atoms with Gasteiger partial charge in [0.15, 0.2) is 0 Å². The Bertz CT molecular complexity index is 315. The Morgan fingerprint density at radius 1 is 1.50 bits per heavy atom. The molecule has 2 N–H and O–H groups in total. The van der Waals surface area contributed by atoms with Crippen LogP contribution in [0.4, 0.5) is 0 Å². The second kappa shape index (κ2) is 5.21. The van der Waals surface area contributed by atoms with Crippen molar-refractivity contribution >= 4 is 18.5 Å². The first-order valence-corrected chi connectivity index (χ1v) is 4.05. The summed E-state index contributed by atoms with van der Waals surface area (Å²) in [6, 6.07) is 8.71. The molecule has 1 aromatic carbocycles. The van der Waals surface area contributed by atoms with E-state index < -0.39 is 13.0 Å². The molecule has 0 aromatic heterocycles. The SMILES string of the molecule is C=CC(=O)NOB(O)c1ccccc1. The number of carbonyl (C=O) groups excluding carboxylic acids is 1. The van der Waals surface area contributed by atoms with Crippen molar-refractivity contribution in [3.05, 3.63) is 43.0 Å². The molecule has 72 valence electrons. The summed E-state index contributed by atoms with van der Waals surface area (Å²) in [6.07, 6.45) is 1.05. The number of hydrogen-bond donors (Lipinski definition) is 2. The second-order valence-corrected chi connectivity index (χ2v) is 2.55. The summed E-state index contributed by atoms with van der Waals surface area (Å²) in [7, 11) is -1.17. The van der Waals surface area contributed by atoms with Gasteiger partial charge in [0.1, 0.15) is 0 Å². The summed E-state index contributed by atoms with van der Waals surface area (Å²) in [6.45, 7) is 3.24. The van der Waals surface area contributed by atoms with Crippen molar-refractivity contribution in [2.24, 2.45) is 0 Å². The van der Waals surface area contributed by atoms with Gasteiger partial charge in [0, 0.05) is 0 Å². The zero-order chi connectivity index (χ0) is 10.4. The van der Waals surface area contributed by atoms with Gasteiger partial charge in [0.05, 0.1) is 0 Å². The van der Waals surface area contributed by atoms with E-state index in [9.17, 15) is 9.82 Å². The highest BCUT2D eigenvalue weighted by atomic mass is 16.7. The lowest BCUT2D eigenvalue weighted by Gasteiger charge is -2.06. The van der Waals surface area contributed by atoms with Crippen LogP contribution in [0.5, 0.6) is 0 Å². The Labute approximate surface area is 82.3 Å². The van der Waals surface area contributed by atoms with Crippen molar-refractivity contribution in [2.75, 3.05) is 0 Å². The van der Waals surface area contributed by atoms with Crippen molar-refractivity contribution in [1.82, 2.24) is 5.48 Å². The van der Waals surface area contributed by atoms with Crippen LogP contribution < -0.4 is 10.9 Å². The summed E-state index contributed by atoms with van der Waals surface area (Å²) in [5.41, 5.74) is 2.59. The van der Waals surface area contributed by atoms with E-state index in [1.807, 2.05) is 11.5 Å². The lowest BCUT2D eigenvalue weighted by atomic mass is 9.80. The molecule has 14 heavy (non-hydrogen) atoms. The van der Waals surface area contributed by atoms with Gasteiger partial charge in [-0.1, -0.05) is 36.9 Å². The summed E-state index contributed by atoms with van der Waals surface area (Å²) < 4.78 is 4.67. The number of hydrogen-bond acceptors (Lipinski definition) is 3. The normalized spacial score (nSPS) is 9.21. The molecule has 0 saturated heterocycles. The predicted molar refractivity (Wildman–Crippen MR) is 53.5 cm³/mol. The van der Waals surface area contributed by atoms with Crippen LogP contribution in [0.2, 0.25) is 0 Å². The second-order valence-electron chi connectivity index (χ2n) is 2.55. The van der Waals surface area contributed by atoms with Gasteiger partial charge in [-0.05, 0) is 11.5 Å². The Balaban J connectivity index is 2.47. The molecule has 0 aliphatic heterocycles. The van der Waals surface area contributed by atoms with E-state index in [-0.39, 0.29) is 0 Å². The summed E-state index contributed by atoms with van der Waals surface area (Å²) in [4.78, 5) is 10.7. The van der Waals surface area contributed by atoms with Crippen LogP contribution in [-0.2, 0) is 9.55 Å². The fourth-order valence-corrected chi connectivity index (χ4v) is 0.841. The molecule has 1 aromatic rings. The summed E-state index contributed by atoms with van der Waals surface area (Å²) >= 11 is 0. The van der Waals surface area contributed by atoms with Crippen molar-refractivity contribution in [2.45, 2.75) is 0 Å². The molecule has 1 amide bonds. The first kappa shape index (κ1) is 10.5. The van der Waals surface area contributed by atoms with Gasteiger partial charge in [-0.2, -0.15) is 0 Å². The van der Waals surface area contributed by atoms with Crippen LogP contribution in [0.1, 0.15) is 0 Å². The smallest absolute Gasteiger partial charge is 0.422 e. The third-order valence-electron chi connectivity index (χ3n) is 1.54. The van der Waals surface area contributed by atoms with E-state index in [1.165, 1.54) is 0 Å². The molecular weight excluding hydrogens is 181 g/mol. The van der Waals surface area contributed by atoms with Gasteiger partial charge in [0.25, 0.3) is 5.91 Å². The fourth-order valence-electron chi connectivity index (χ4n) is 0.841. The van der Waals surface area contributed by atoms with Gasteiger partial charge >= 0.3 is 7.12 Å². The number of rotatable bonds is 4. The van der Waals surface area contributed by atoms with Gasteiger partial charge in [-0.3, -0.25) is 9.55 Å². The van der Waals surface area contributed by atoms with Gasteiger partial charge in [-0.25, -0.2) is 5.48 Å². The van der Waals surface area contributed by atoms with E-state index in [0.29, 0.717) is 5.46 Å². The molecule has 0 radical (unpaired) electrons. The van der Waals surface area contributed by atoms with Crippen molar-refractivity contribution < 1.29 is 14.6 Å². The lowest BCUT2D eigenvalue weighted by molar-refractivity contribution is -0.123. The fraction of sp³-hybridized carbons (Fsp3) is 0. The minimum Gasteiger partial charge on any atom is -0.422 e. The predicted octanol–water partition coefficient (Wildman–Crippen LogP) is -0.392. The monoisotopic (exact) mass is 191 g/mol. The number of nitrogens with one attached hydrogen (secondary N) is 1. The van der Waals surface area contributed by atoms with E-state index in [4.69, 9.17) is 0 Å². The summed E-state index contributed by atoms with van der Waals surface area (Å²) in [5, 5.41) is 9.39. The average molecular weight is 191 g/mol. The maximum Gasteiger partial charge on any atom is 0.514 e. The Hall–Kier alpha value is -1.59. The highest BCUT2D eigenvalue weighted by molar-refractivity contribution is 6.59. The average Bonchev–Trinajstić information content (AvgIpc) is 2.26. The van der Waals surface area contributed by atoms with Crippen LogP contribution in [-0.4, -0.2) is 18.0 Å². The molecule has 0 aliphatic carbocycles. The molecule has 0 fully saturated rings. The standard InChI is InChI=1S/C9H10BNO3/c1-2-9(12)11-14-10(13)8-6-4-3-5-7-8/h2-7,13H,1H2,(H,11,12). The first-order chi connectivity index (χ1) is 6.74. The summed E-state index contributed by atoms with van der Waals surface area (Å²) in [5.74, 6) is -0.500. The largest absolute Gasteiger partial charge is 0.514 e. The van der Waals surface area contributed by atoms with Crippen LogP contribution >= 0.6 is 0 Å². The first-order valence-electron chi connectivity index (χ1n) is 4.05. The molecule has 0 bridgehead atoms. The van der Waals surface area contributed by atoms with Crippen molar-refractivity contribution in [3.63, 3.8) is 0 Å². The molecule has 0 atom stereocenters. The van der Waals surface area contributed by atoms with Gasteiger partial charge < -0.3 is 5.02 Å². The quantitative estimate of drug-likeness (QED) is 0.387. The van der Waals surface area contributed by atoms with E-state index in [1.54, 1.807) is 24.3 Å². The Kier molecular flexibility index (Phi) is 3.91. The maximum atomic E-state index is 10.7. The van der Waals surface area contributed by atoms with E-state index >= 15 is 0 Å². The van der Waals surface area contributed by atoms with Crippen LogP contribution in [0.25, 0.3) is 0 Å². The molecule has 1 rings (SSSR count). The third-order valence-corrected chi connectivity index (χ3v) is 1.54. The third kappa shape index (κ3) is 3.04. The highest BCUT2D eigenvalue weighted by Crippen LogP contribution is 1.86. The minimum atomic E-state index is -1.17. The Morgan fingerprint density at radius 3 is 2.71 bits per heavy atom. The molecule has 5 heteroatoms. The zero-order valence-corrected chi connectivity index (χ0v) is 7.51. The maximum absolute atomic E-state index is 10.7. The van der Waals surface area contributed by atoms with E-state index in [0.717, 1.165) is 6.08 Å². The molecule has 0 unspecified atom stereocenters. The number of amides is 1. The highest BCUT2D eigenvalue weighted by Gasteiger charge is 2.16. The lowest BCUT2D eigenvalue weighted by Crippen LogP contribution is -2.40. The molecule has 0 spiro atoms. The molecular formula is C9H10BNO3. The molecule has 0 aliphatic rings. The van der Waals surface area contributed by atoms with Crippen LogP contribution in [0.15, 0.2) is 43.0 Å².